The van der Waals surface area contributed by atoms with Crippen molar-refractivity contribution in [3.05, 3.63) is 146 Å². The Morgan fingerprint density at radius 1 is 0.357 bits per heavy atom. The van der Waals surface area contributed by atoms with Gasteiger partial charge < -0.3 is 8.83 Å². The molecule has 0 unspecified atom stereocenters. The average Bonchev–Trinajstić information content (AvgIpc) is 3.66. The second-order valence-corrected chi connectivity index (χ2v) is 10.9. The Morgan fingerprint density at radius 3 is 1.71 bits per heavy atom. The van der Waals surface area contributed by atoms with Crippen LogP contribution in [-0.4, -0.2) is 0 Å². The first-order valence-electron chi connectivity index (χ1n) is 14.3. The molecule has 0 radical (unpaired) electrons. The van der Waals surface area contributed by atoms with E-state index in [0.29, 0.717) is 0 Å². The Kier molecular flexibility index (Phi) is 4.93. The second-order valence-electron chi connectivity index (χ2n) is 10.9. The van der Waals surface area contributed by atoms with Crippen molar-refractivity contribution >= 4 is 54.5 Å². The van der Waals surface area contributed by atoms with Crippen molar-refractivity contribution in [1.82, 2.24) is 0 Å². The topological polar surface area (TPSA) is 26.3 Å². The highest BCUT2D eigenvalue weighted by molar-refractivity contribution is 6.23. The average molecular weight is 537 g/mol. The van der Waals surface area contributed by atoms with E-state index in [1.165, 1.54) is 54.9 Å². The van der Waals surface area contributed by atoms with E-state index in [4.69, 9.17) is 8.83 Å². The van der Waals surface area contributed by atoms with Crippen molar-refractivity contribution < 1.29 is 8.83 Å². The van der Waals surface area contributed by atoms with Crippen molar-refractivity contribution in [3.63, 3.8) is 0 Å². The highest BCUT2D eigenvalue weighted by Gasteiger charge is 2.19. The minimum atomic E-state index is 0.868. The van der Waals surface area contributed by atoms with Gasteiger partial charge in [-0.25, -0.2) is 0 Å². The van der Waals surface area contributed by atoms with Gasteiger partial charge in [-0.1, -0.05) is 109 Å². The van der Waals surface area contributed by atoms with Gasteiger partial charge in [0, 0.05) is 16.2 Å². The molecule has 0 saturated heterocycles. The Hall–Kier alpha value is -5.60. The fourth-order valence-corrected chi connectivity index (χ4v) is 6.69. The molecule has 196 valence electrons. The maximum atomic E-state index is 6.29. The first kappa shape index (κ1) is 23.1. The molecule has 0 spiro atoms. The van der Waals surface area contributed by atoms with Crippen LogP contribution < -0.4 is 0 Å². The summed E-state index contributed by atoms with van der Waals surface area (Å²) in [6, 6.07) is 49.8. The summed E-state index contributed by atoms with van der Waals surface area (Å²) >= 11 is 0. The van der Waals surface area contributed by atoms with Crippen LogP contribution >= 0.6 is 0 Å². The molecule has 2 heteroatoms. The molecule has 0 aliphatic rings. The Morgan fingerprint density at radius 2 is 0.976 bits per heavy atom. The molecule has 0 bridgehead atoms. The Labute approximate surface area is 242 Å². The molecule has 0 saturated carbocycles. The third kappa shape index (κ3) is 3.39. The van der Waals surface area contributed by atoms with E-state index in [-0.39, 0.29) is 0 Å². The summed E-state index contributed by atoms with van der Waals surface area (Å²) in [5, 5.41) is 8.14. The van der Waals surface area contributed by atoms with Crippen molar-refractivity contribution in [2.45, 2.75) is 0 Å². The normalized spacial score (nSPS) is 11.8. The molecule has 2 nitrogen and oxygen atoms in total. The molecule has 0 N–H and O–H groups in total. The van der Waals surface area contributed by atoms with Gasteiger partial charge in [0.2, 0.25) is 0 Å². The lowest BCUT2D eigenvalue weighted by Gasteiger charge is -2.19. The van der Waals surface area contributed by atoms with Gasteiger partial charge in [0.1, 0.15) is 16.7 Å². The van der Waals surface area contributed by atoms with E-state index in [1.807, 2.05) is 6.07 Å². The summed E-state index contributed by atoms with van der Waals surface area (Å²) in [6.07, 6.45) is 1.73. The maximum absolute atomic E-state index is 6.29. The highest BCUT2D eigenvalue weighted by atomic mass is 16.3. The van der Waals surface area contributed by atoms with E-state index in [2.05, 4.69) is 133 Å². The molecule has 7 aromatic carbocycles. The largest absolute Gasteiger partial charge is 0.464 e. The van der Waals surface area contributed by atoms with E-state index < -0.39 is 0 Å². The zero-order valence-electron chi connectivity index (χ0n) is 22.7. The van der Waals surface area contributed by atoms with Crippen LogP contribution in [-0.2, 0) is 0 Å². The molecule has 42 heavy (non-hydrogen) atoms. The lowest BCUT2D eigenvalue weighted by Crippen LogP contribution is -1.92. The van der Waals surface area contributed by atoms with Gasteiger partial charge in [0.05, 0.1) is 6.26 Å². The zero-order valence-corrected chi connectivity index (χ0v) is 22.7. The van der Waals surface area contributed by atoms with Crippen molar-refractivity contribution in [1.29, 1.82) is 0 Å². The summed E-state index contributed by atoms with van der Waals surface area (Å²) < 4.78 is 12.0. The van der Waals surface area contributed by atoms with Gasteiger partial charge in [0.15, 0.2) is 0 Å². The monoisotopic (exact) mass is 536 g/mol. The van der Waals surface area contributed by atoms with Crippen molar-refractivity contribution in [2.75, 3.05) is 0 Å². The van der Waals surface area contributed by atoms with Gasteiger partial charge in [-0.2, -0.15) is 0 Å². The number of hydrogen-bond donors (Lipinski definition) is 0. The third-order valence-electron chi connectivity index (χ3n) is 8.55. The lowest BCUT2D eigenvalue weighted by atomic mass is 9.83. The number of benzene rings is 7. The van der Waals surface area contributed by atoms with Crippen LogP contribution in [0.4, 0.5) is 0 Å². The molecule has 2 heterocycles. The van der Waals surface area contributed by atoms with Crippen LogP contribution in [0, 0.1) is 0 Å². The molecule has 9 rings (SSSR count). The van der Waals surface area contributed by atoms with Crippen molar-refractivity contribution in [2.24, 2.45) is 0 Å². The van der Waals surface area contributed by atoms with Crippen LogP contribution in [0.2, 0.25) is 0 Å². The maximum Gasteiger partial charge on any atom is 0.136 e. The Bertz CT molecular complexity index is 2400. The minimum absolute atomic E-state index is 0.868. The molecular formula is C40H24O2. The minimum Gasteiger partial charge on any atom is -0.464 e. The number of fused-ring (bicyclic) bond motifs is 6. The fourth-order valence-electron chi connectivity index (χ4n) is 6.69. The van der Waals surface area contributed by atoms with Crippen LogP contribution in [0.25, 0.3) is 87.8 Å². The highest BCUT2D eigenvalue weighted by Crippen LogP contribution is 2.46. The van der Waals surface area contributed by atoms with Gasteiger partial charge in [0.25, 0.3) is 0 Å². The predicted octanol–water partition coefficient (Wildman–Crippen LogP) is 11.6. The van der Waals surface area contributed by atoms with Crippen LogP contribution in [0.3, 0.4) is 0 Å². The molecule has 9 aromatic rings. The van der Waals surface area contributed by atoms with Gasteiger partial charge in [-0.3, -0.25) is 0 Å². The first-order valence-corrected chi connectivity index (χ1v) is 14.3. The van der Waals surface area contributed by atoms with Crippen LogP contribution in [0.1, 0.15) is 0 Å². The summed E-state index contributed by atoms with van der Waals surface area (Å²) in [4.78, 5) is 0. The standard InChI is InChI=1S/C40H24O2/c1-2-10-25(11-3-1)28-12-4-5-13-29(28)40-32-16-8-6-14-30(32)39(31-15-7-9-17-33(31)40)27-18-19-36-34(22-27)35-24-37-26(20-21-41-37)23-38(35)42-36/h1-24H. The SMILES string of the molecule is c1ccc(-c2ccccc2-c2c3ccccc3c(-c3ccc4oc5cc6ccoc6cc5c4c3)c3ccccc23)cc1. The van der Waals surface area contributed by atoms with Gasteiger partial charge in [-0.05, 0) is 85.3 Å². The molecule has 0 aliphatic heterocycles. The van der Waals surface area contributed by atoms with E-state index in [1.54, 1.807) is 6.26 Å². The fraction of sp³-hybridized carbons (Fsp3) is 0. The predicted molar refractivity (Wildman–Crippen MR) is 175 cm³/mol. The number of furan rings is 2. The zero-order chi connectivity index (χ0) is 27.6. The molecular weight excluding hydrogens is 512 g/mol. The summed E-state index contributed by atoms with van der Waals surface area (Å²) in [5.74, 6) is 0. The number of rotatable bonds is 3. The molecule has 0 fully saturated rings. The van der Waals surface area contributed by atoms with Crippen LogP contribution in [0.5, 0.6) is 0 Å². The summed E-state index contributed by atoms with van der Waals surface area (Å²) in [5.41, 5.74) is 9.97. The van der Waals surface area contributed by atoms with Gasteiger partial charge >= 0.3 is 0 Å². The smallest absolute Gasteiger partial charge is 0.136 e. The third-order valence-corrected chi connectivity index (χ3v) is 8.55. The van der Waals surface area contributed by atoms with Crippen molar-refractivity contribution in [3.8, 4) is 33.4 Å². The second kappa shape index (κ2) is 8.95. The molecule has 2 aromatic heterocycles. The quantitative estimate of drug-likeness (QED) is 0.210. The van der Waals surface area contributed by atoms with E-state index >= 15 is 0 Å². The Balaban J connectivity index is 1.37. The van der Waals surface area contributed by atoms with Gasteiger partial charge in [-0.15, -0.1) is 0 Å². The van der Waals surface area contributed by atoms with Crippen LogP contribution in [0.15, 0.2) is 155 Å². The van der Waals surface area contributed by atoms with E-state index in [0.717, 1.165) is 32.9 Å². The lowest BCUT2D eigenvalue weighted by molar-refractivity contribution is 0.616. The summed E-state index contributed by atoms with van der Waals surface area (Å²) in [7, 11) is 0. The number of hydrogen-bond acceptors (Lipinski definition) is 2. The molecule has 0 aliphatic carbocycles. The molecule has 0 amide bonds. The molecule has 0 atom stereocenters. The summed E-state index contributed by atoms with van der Waals surface area (Å²) in [6.45, 7) is 0. The first-order chi connectivity index (χ1) is 20.8. The van der Waals surface area contributed by atoms with E-state index in [9.17, 15) is 0 Å².